The molecule has 0 radical (unpaired) electrons. The highest BCUT2D eigenvalue weighted by atomic mass is 16.2. The minimum Gasteiger partial charge on any atom is -0.332 e. The number of rotatable bonds is 5. The van der Waals surface area contributed by atoms with Crippen molar-refractivity contribution in [3.05, 3.63) is 29.8 Å². The average Bonchev–Trinajstić information content (AvgIpc) is 3.12. The van der Waals surface area contributed by atoms with E-state index < -0.39 is 5.92 Å². The van der Waals surface area contributed by atoms with Crippen LogP contribution in [-0.2, 0) is 23.2 Å². The first-order valence-corrected chi connectivity index (χ1v) is 9.12. The normalized spacial score (nSPS) is 22.9. The fourth-order valence-corrected chi connectivity index (χ4v) is 3.78. The maximum atomic E-state index is 13.0. The maximum absolute atomic E-state index is 13.0. The highest BCUT2D eigenvalue weighted by Gasteiger charge is 2.50. The Morgan fingerprint density at radius 3 is 2.65 bits per heavy atom. The van der Waals surface area contributed by atoms with Crippen molar-refractivity contribution >= 4 is 17.5 Å². The molecule has 138 valence electrons. The predicted molar refractivity (Wildman–Crippen MR) is 95.2 cm³/mol. The molecule has 0 spiro atoms. The molecule has 0 bridgehead atoms. The average molecular weight is 356 g/mol. The SMILES string of the molecule is CCn1cc(NC(=O)[C@H]2CC(=O)N(C3CC3)[C@@H]2c2cnn(C)c2C)cn1. The molecule has 1 saturated heterocycles. The van der Waals surface area contributed by atoms with Crippen LogP contribution in [0.5, 0.6) is 0 Å². The Morgan fingerprint density at radius 2 is 2.08 bits per heavy atom. The summed E-state index contributed by atoms with van der Waals surface area (Å²) in [5.41, 5.74) is 2.62. The van der Waals surface area contributed by atoms with Gasteiger partial charge in [-0.2, -0.15) is 10.2 Å². The highest BCUT2D eigenvalue weighted by molar-refractivity contribution is 5.98. The van der Waals surface area contributed by atoms with Crippen LogP contribution in [0.4, 0.5) is 5.69 Å². The van der Waals surface area contributed by atoms with Gasteiger partial charge in [0.1, 0.15) is 0 Å². The molecule has 1 aliphatic heterocycles. The van der Waals surface area contributed by atoms with E-state index in [2.05, 4.69) is 15.5 Å². The van der Waals surface area contributed by atoms with E-state index in [0.717, 1.165) is 30.6 Å². The Hall–Kier alpha value is -2.64. The molecule has 4 rings (SSSR count). The number of anilines is 1. The van der Waals surface area contributed by atoms with Crippen molar-refractivity contribution in [2.75, 3.05) is 5.32 Å². The summed E-state index contributed by atoms with van der Waals surface area (Å²) >= 11 is 0. The first-order chi connectivity index (χ1) is 12.5. The minimum absolute atomic E-state index is 0.0603. The van der Waals surface area contributed by atoms with Gasteiger partial charge in [0.15, 0.2) is 0 Å². The number of carbonyl (C=O) groups is 2. The van der Waals surface area contributed by atoms with Crippen LogP contribution < -0.4 is 5.32 Å². The van der Waals surface area contributed by atoms with E-state index >= 15 is 0 Å². The smallest absolute Gasteiger partial charge is 0.230 e. The fourth-order valence-electron chi connectivity index (χ4n) is 3.78. The summed E-state index contributed by atoms with van der Waals surface area (Å²) in [6, 6.07) is 0.0117. The summed E-state index contributed by atoms with van der Waals surface area (Å²) in [5.74, 6) is -0.494. The molecule has 8 nitrogen and oxygen atoms in total. The Morgan fingerprint density at radius 1 is 1.31 bits per heavy atom. The number of hydrogen-bond donors (Lipinski definition) is 1. The van der Waals surface area contributed by atoms with Crippen molar-refractivity contribution in [3.8, 4) is 0 Å². The van der Waals surface area contributed by atoms with Gasteiger partial charge >= 0.3 is 0 Å². The zero-order valence-corrected chi connectivity index (χ0v) is 15.3. The van der Waals surface area contributed by atoms with Gasteiger partial charge in [-0.1, -0.05) is 0 Å². The van der Waals surface area contributed by atoms with E-state index in [1.165, 1.54) is 0 Å². The summed E-state index contributed by atoms with van der Waals surface area (Å²) in [4.78, 5) is 27.6. The van der Waals surface area contributed by atoms with Crippen molar-refractivity contribution in [3.63, 3.8) is 0 Å². The molecule has 26 heavy (non-hydrogen) atoms. The van der Waals surface area contributed by atoms with Gasteiger partial charge in [0, 0.05) is 43.5 Å². The molecule has 3 heterocycles. The van der Waals surface area contributed by atoms with Crippen LogP contribution in [0.3, 0.4) is 0 Å². The Kier molecular flexibility index (Phi) is 4.05. The summed E-state index contributed by atoms with van der Waals surface area (Å²) in [6.45, 7) is 4.71. The maximum Gasteiger partial charge on any atom is 0.230 e. The Labute approximate surface area is 152 Å². The zero-order chi connectivity index (χ0) is 18.4. The first kappa shape index (κ1) is 16.8. The van der Waals surface area contributed by atoms with Crippen LogP contribution in [0, 0.1) is 12.8 Å². The lowest BCUT2D eigenvalue weighted by molar-refractivity contribution is -0.129. The van der Waals surface area contributed by atoms with Crippen molar-refractivity contribution in [1.29, 1.82) is 0 Å². The van der Waals surface area contributed by atoms with Gasteiger partial charge in [0.05, 0.1) is 30.0 Å². The molecular formula is C18H24N6O2. The molecule has 2 aromatic heterocycles. The van der Waals surface area contributed by atoms with E-state index in [1.807, 2.05) is 25.8 Å². The summed E-state index contributed by atoms with van der Waals surface area (Å²) in [6.07, 6.45) is 7.50. The number of aromatic nitrogens is 4. The molecule has 1 N–H and O–H groups in total. The number of aryl methyl sites for hydroxylation is 2. The van der Waals surface area contributed by atoms with E-state index in [4.69, 9.17) is 0 Å². The van der Waals surface area contributed by atoms with E-state index in [1.54, 1.807) is 28.0 Å². The van der Waals surface area contributed by atoms with Crippen LogP contribution >= 0.6 is 0 Å². The van der Waals surface area contributed by atoms with Gasteiger partial charge in [-0.3, -0.25) is 19.0 Å². The van der Waals surface area contributed by atoms with Gasteiger partial charge in [-0.05, 0) is 26.7 Å². The number of nitrogens with zero attached hydrogens (tertiary/aromatic N) is 5. The summed E-state index contributed by atoms with van der Waals surface area (Å²) < 4.78 is 3.55. The third kappa shape index (κ3) is 2.79. The first-order valence-electron chi connectivity index (χ1n) is 9.12. The molecule has 2 fully saturated rings. The molecule has 8 heteroatoms. The highest BCUT2D eigenvalue weighted by Crippen LogP contribution is 2.46. The minimum atomic E-state index is -0.420. The quantitative estimate of drug-likeness (QED) is 0.882. The Balaban J connectivity index is 1.63. The Bertz CT molecular complexity index is 850. The molecule has 1 saturated carbocycles. The molecule has 2 aromatic rings. The fraction of sp³-hybridized carbons (Fsp3) is 0.556. The van der Waals surface area contributed by atoms with Gasteiger partial charge in [0.25, 0.3) is 0 Å². The monoisotopic (exact) mass is 356 g/mol. The van der Waals surface area contributed by atoms with Crippen molar-refractivity contribution in [2.45, 2.75) is 51.7 Å². The van der Waals surface area contributed by atoms with Crippen LogP contribution in [-0.4, -0.2) is 42.3 Å². The molecule has 0 aromatic carbocycles. The lowest BCUT2D eigenvalue weighted by atomic mass is 9.93. The van der Waals surface area contributed by atoms with Gasteiger partial charge in [-0.15, -0.1) is 0 Å². The lowest BCUT2D eigenvalue weighted by Crippen LogP contribution is -2.34. The number of likely N-dealkylation sites (tertiary alicyclic amines) is 1. The van der Waals surface area contributed by atoms with E-state index in [0.29, 0.717) is 5.69 Å². The molecule has 2 atom stereocenters. The van der Waals surface area contributed by atoms with Crippen LogP contribution in [0.1, 0.15) is 43.5 Å². The molecule has 1 aliphatic carbocycles. The standard InChI is InChI=1S/C18H24N6O2/c1-4-23-10-12(8-20-23)21-18(26)14-7-16(25)24(13-5-6-13)17(14)15-9-19-22(3)11(15)2/h8-10,13-14,17H,4-7H2,1-3H3,(H,21,26)/t14-,17-/m0/s1. The van der Waals surface area contributed by atoms with Crippen LogP contribution in [0.25, 0.3) is 0 Å². The second-order valence-electron chi connectivity index (χ2n) is 7.17. The zero-order valence-electron chi connectivity index (χ0n) is 15.3. The predicted octanol–water partition coefficient (Wildman–Crippen LogP) is 1.64. The van der Waals surface area contributed by atoms with Gasteiger partial charge < -0.3 is 10.2 Å². The van der Waals surface area contributed by atoms with Gasteiger partial charge in [0.2, 0.25) is 11.8 Å². The van der Waals surface area contributed by atoms with E-state index in [9.17, 15) is 9.59 Å². The summed E-state index contributed by atoms with van der Waals surface area (Å²) in [5, 5.41) is 11.5. The topological polar surface area (TPSA) is 85.0 Å². The number of nitrogens with one attached hydrogen (secondary N) is 1. The number of amides is 2. The second-order valence-corrected chi connectivity index (χ2v) is 7.17. The van der Waals surface area contributed by atoms with Crippen LogP contribution in [0.15, 0.2) is 18.6 Å². The molecule has 2 amide bonds. The molecule has 0 unspecified atom stereocenters. The molecular weight excluding hydrogens is 332 g/mol. The van der Waals surface area contributed by atoms with E-state index in [-0.39, 0.29) is 30.3 Å². The van der Waals surface area contributed by atoms with Crippen molar-refractivity contribution in [2.24, 2.45) is 13.0 Å². The second kappa shape index (κ2) is 6.26. The third-order valence-electron chi connectivity index (χ3n) is 5.46. The number of carbonyl (C=O) groups excluding carboxylic acids is 2. The lowest BCUT2D eigenvalue weighted by Gasteiger charge is -2.27. The largest absolute Gasteiger partial charge is 0.332 e. The third-order valence-corrected chi connectivity index (χ3v) is 5.46. The molecule has 2 aliphatic rings. The van der Waals surface area contributed by atoms with Crippen molar-refractivity contribution in [1.82, 2.24) is 24.5 Å². The number of hydrogen-bond acceptors (Lipinski definition) is 4. The van der Waals surface area contributed by atoms with Gasteiger partial charge in [-0.25, -0.2) is 0 Å². The summed E-state index contributed by atoms with van der Waals surface area (Å²) in [7, 11) is 1.88. The van der Waals surface area contributed by atoms with Crippen LogP contribution in [0.2, 0.25) is 0 Å². The van der Waals surface area contributed by atoms with Crippen molar-refractivity contribution < 1.29 is 9.59 Å².